The number of aromatic nitrogens is 2. The van der Waals surface area contributed by atoms with Crippen molar-refractivity contribution < 1.29 is 23.8 Å². The van der Waals surface area contributed by atoms with Gasteiger partial charge >= 0.3 is 0 Å². The van der Waals surface area contributed by atoms with Crippen LogP contribution in [0.15, 0.2) is 29.8 Å². The second-order valence-electron chi connectivity index (χ2n) is 8.52. The van der Waals surface area contributed by atoms with Crippen LogP contribution in [0.3, 0.4) is 0 Å². The molecule has 33 heavy (non-hydrogen) atoms. The molecule has 0 spiro atoms. The van der Waals surface area contributed by atoms with Crippen molar-refractivity contribution >= 4 is 17.4 Å². The van der Waals surface area contributed by atoms with Crippen molar-refractivity contribution in [1.82, 2.24) is 19.6 Å². The van der Waals surface area contributed by atoms with Crippen molar-refractivity contribution in [1.29, 1.82) is 0 Å². The molecule has 3 heterocycles. The van der Waals surface area contributed by atoms with Gasteiger partial charge in [0.25, 0.3) is 11.7 Å². The first kappa shape index (κ1) is 23.1. The first-order valence-electron chi connectivity index (χ1n) is 11.1. The summed E-state index contributed by atoms with van der Waals surface area (Å²) in [6, 6.07) is 4.90. The Kier molecular flexibility index (Phi) is 6.62. The number of aliphatic hydroxyl groups is 1. The minimum atomic E-state index is -0.797. The Labute approximate surface area is 192 Å². The van der Waals surface area contributed by atoms with Crippen LogP contribution in [-0.4, -0.2) is 75.8 Å². The van der Waals surface area contributed by atoms with Gasteiger partial charge in [0.05, 0.1) is 36.1 Å². The molecule has 1 amide bonds. The maximum atomic E-state index is 13.6. The number of likely N-dealkylation sites (tertiary alicyclic amines) is 1. The lowest BCUT2D eigenvalue weighted by Crippen LogP contribution is -2.38. The number of ketones is 1. The van der Waals surface area contributed by atoms with Crippen LogP contribution in [0.25, 0.3) is 5.76 Å². The Morgan fingerprint density at radius 3 is 2.42 bits per heavy atom. The number of benzene rings is 1. The van der Waals surface area contributed by atoms with Crippen LogP contribution in [-0.2, 0) is 21.4 Å². The summed E-state index contributed by atoms with van der Waals surface area (Å²) in [4.78, 5) is 29.9. The van der Waals surface area contributed by atoms with Gasteiger partial charge in [-0.2, -0.15) is 5.10 Å². The number of hydrogen-bond acceptors (Lipinski definition) is 6. The number of carbonyl (C=O) groups is 2. The molecule has 4 rings (SSSR count). The predicted molar refractivity (Wildman–Crippen MR) is 120 cm³/mol. The molecule has 1 aromatic carbocycles. The van der Waals surface area contributed by atoms with Crippen LogP contribution in [0.1, 0.15) is 35.0 Å². The fourth-order valence-corrected chi connectivity index (χ4v) is 4.64. The highest BCUT2D eigenvalue weighted by atomic mass is 19.1. The highest BCUT2D eigenvalue weighted by Gasteiger charge is 2.46. The van der Waals surface area contributed by atoms with Gasteiger partial charge in [-0.25, -0.2) is 4.39 Å². The van der Waals surface area contributed by atoms with E-state index >= 15 is 0 Å². The topological polar surface area (TPSA) is 87.9 Å². The largest absolute Gasteiger partial charge is 0.507 e. The smallest absolute Gasteiger partial charge is 0.295 e. The molecule has 0 aliphatic carbocycles. The number of aliphatic hydroxyl groups excluding tert-OH is 1. The molecule has 2 aliphatic heterocycles. The molecule has 1 unspecified atom stereocenters. The van der Waals surface area contributed by atoms with Crippen molar-refractivity contribution in [2.24, 2.45) is 7.05 Å². The van der Waals surface area contributed by atoms with Crippen LogP contribution < -0.4 is 0 Å². The van der Waals surface area contributed by atoms with Crippen LogP contribution in [0.4, 0.5) is 4.39 Å². The summed E-state index contributed by atoms with van der Waals surface area (Å²) in [5.41, 5.74) is 2.26. The second kappa shape index (κ2) is 9.44. The first-order chi connectivity index (χ1) is 15.8. The van der Waals surface area contributed by atoms with Crippen molar-refractivity contribution in [3.8, 4) is 0 Å². The summed E-state index contributed by atoms with van der Waals surface area (Å²) in [6.07, 6.45) is 0.662. The van der Waals surface area contributed by atoms with E-state index in [0.717, 1.165) is 19.6 Å². The summed E-state index contributed by atoms with van der Waals surface area (Å²) < 4.78 is 20.6. The standard InChI is InChI=1S/C24H29FN4O4/c1-15-19(16(2)27(3)26-15)22(30)20-21(17-5-7-18(25)8-6-17)29(24(32)23(20)31)10-4-9-28-11-13-33-14-12-28/h5-8,21,30H,4,9-14H2,1-3H3. The number of aryl methyl sites for hydroxylation is 2. The number of halogens is 1. The minimum Gasteiger partial charge on any atom is -0.507 e. The quantitative estimate of drug-likeness (QED) is 0.408. The third-order valence-electron chi connectivity index (χ3n) is 6.45. The first-order valence-corrected chi connectivity index (χ1v) is 11.1. The van der Waals surface area contributed by atoms with Gasteiger partial charge in [-0.1, -0.05) is 12.1 Å². The molecule has 0 saturated carbocycles. The number of amides is 1. The van der Waals surface area contributed by atoms with E-state index in [2.05, 4.69) is 10.00 Å². The Bertz CT molecular complexity index is 1090. The molecule has 1 atom stereocenters. The Hall–Kier alpha value is -3.04. The normalized spacial score (nSPS) is 21.2. The molecule has 0 radical (unpaired) electrons. The average molecular weight is 457 g/mol. The van der Waals surface area contributed by atoms with E-state index < -0.39 is 23.5 Å². The van der Waals surface area contributed by atoms with Crippen LogP contribution in [0.2, 0.25) is 0 Å². The van der Waals surface area contributed by atoms with Crippen LogP contribution in [0, 0.1) is 19.7 Å². The zero-order valence-corrected chi connectivity index (χ0v) is 19.2. The lowest BCUT2D eigenvalue weighted by molar-refractivity contribution is -0.140. The summed E-state index contributed by atoms with van der Waals surface area (Å²) in [7, 11) is 1.75. The number of morpholine rings is 1. The number of ether oxygens (including phenoxy) is 1. The van der Waals surface area contributed by atoms with Crippen molar-refractivity contribution in [2.75, 3.05) is 39.4 Å². The Morgan fingerprint density at radius 2 is 1.82 bits per heavy atom. The number of Topliss-reactive ketones (excluding diaryl/α,β-unsaturated/α-hetero) is 1. The number of nitrogens with zero attached hydrogens (tertiary/aromatic N) is 4. The molecule has 2 fully saturated rings. The zero-order chi connectivity index (χ0) is 23.7. The monoisotopic (exact) mass is 456 g/mol. The molecule has 9 heteroatoms. The van der Waals surface area contributed by atoms with E-state index in [1.807, 2.05) is 0 Å². The Balaban J connectivity index is 1.71. The predicted octanol–water partition coefficient (Wildman–Crippen LogP) is 2.32. The molecule has 2 aromatic rings. The lowest BCUT2D eigenvalue weighted by atomic mass is 9.94. The number of hydrogen-bond donors (Lipinski definition) is 1. The van der Waals surface area contributed by atoms with Crippen molar-refractivity contribution in [3.05, 3.63) is 58.2 Å². The van der Waals surface area contributed by atoms with E-state index in [1.54, 1.807) is 37.7 Å². The molecule has 2 saturated heterocycles. The summed E-state index contributed by atoms with van der Waals surface area (Å²) in [5.74, 6) is -2.06. The van der Waals surface area contributed by atoms with E-state index in [4.69, 9.17) is 4.74 Å². The third-order valence-corrected chi connectivity index (χ3v) is 6.45. The van der Waals surface area contributed by atoms with Gasteiger partial charge in [0.15, 0.2) is 0 Å². The highest BCUT2D eigenvalue weighted by molar-refractivity contribution is 6.46. The number of carbonyl (C=O) groups excluding carboxylic acids is 2. The SMILES string of the molecule is Cc1nn(C)c(C)c1C(O)=C1C(=O)C(=O)N(CCCN2CCOCC2)C1c1ccc(F)cc1. The highest BCUT2D eigenvalue weighted by Crippen LogP contribution is 2.40. The minimum absolute atomic E-state index is 0.0113. The van der Waals surface area contributed by atoms with Gasteiger partial charge in [-0.15, -0.1) is 0 Å². The zero-order valence-electron chi connectivity index (χ0n) is 19.2. The van der Waals surface area contributed by atoms with Gasteiger partial charge in [-0.05, 0) is 38.0 Å². The average Bonchev–Trinajstić information content (AvgIpc) is 3.20. The van der Waals surface area contributed by atoms with Crippen molar-refractivity contribution in [2.45, 2.75) is 26.3 Å². The second-order valence-corrected chi connectivity index (χ2v) is 8.52. The summed E-state index contributed by atoms with van der Waals surface area (Å²) in [6.45, 7) is 7.68. The Morgan fingerprint density at radius 1 is 1.15 bits per heavy atom. The van der Waals surface area contributed by atoms with E-state index in [1.165, 1.54) is 17.0 Å². The molecule has 2 aliphatic rings. The molecule has 1 aromatic heterocycles. The van der Waals surface area contributed by atoms with Crippen molar-refractivity contribution in [3.63, 3.8) is 0 Å². The van der Waals surface area contributed by atoms with Crippen LogP contribution >= 0.6 is 0 Å². The van der Waals surface area contributed by atoms with Gasteiger partial charge in [0.1, 0.15) is 11.6 Å². The maximum Gasteiger partial charge on any atom is 0.295 e. The maximum absolute atomic E-state index is 13.6. The molecule has 0 bridgehead atoms. The van der Waals surface area contributed by atoms with Crippen LogP contribution in [0.5, 0.6) is 0 Å². The molecule has 1 N–H and O–H groups in total. The van der Waals surface area contributed by atoms with E-state index in [0.29, 0.717) is 48.7 Å². The third kappa shape index (κ3) is 4.43. The molecule has 176 valence electrons. The fourth-order valence-electron chi connectivity index (χ4n) is 4.64. The van der Waals surface area contributed by atoms with E-state index in [9.17, 15) is 19.1 Å². The fraction of sp³-hybridized carbons (Fsp3) is 0.458. The number of rotatable bonds is 6. The van der Waals surface area contributed by atoms with Gasteiger partial charge < -0.3 is 14.7 Å². The summed E-state index contributed by atoms with van der Waals surface area (Å²) in [5, 5.41) is 15.6. The van der Waals surface area contributed by atoms with Gasteiger partial charge in [-0.3, -0.25) is 19.2 Å². The van der Waals surface area contributed by atoms with E-state index in [-0.39, 0.29) is 11.3 Å². The lowest BCUT2D eigenvalue weighted by Gasteiger charge is -2.29. The molecular weight excluding hydrogens is 427 g/mol. The molecular formula is C24H29FN4O4. The summed E-state index contributed by atoms with van der Waals surface area (Å²) >= 11 is 0. The van der Waals surface area contributed by atoms with Gasteiger partial charge in [0, 0.05) is 38.9 Å². The van der Waals surface area contributed by atoms with Gasteiger partial charge in [0.2, 0.25) is 0 Å². The molecule has 8 nitrogen and oxygen atoms in total.